The minimum absolute atomic E-state index is 0. The van der Waals surface area contributed by atoms with Gasteiger partial charge in [-0.1, -0.05) is 141 Å². The zero-order valence-electron chi connectivity index (χ0n) is 37.3. The summed E-state index contributed by atoms with van der Waals surface area (Å²) in [4.78, 5) is 14.7. The van der Waals surface area contributed by atoms with Crippen LogP contribution >= 0.6 is 0 Å². The molecule has 8 aromatic rings. The van der Waals surface area contributed by atoms with E-state index in [0.29, 0.717) is 17.5 Å². The van der Waals surface area contributed by atoms with Crippen molar-refractivity contribution in [2.75, 3.05) is 0 Å². The maximum absolute atomic E-state index is 14.1. The summed E-state index contributed by atoms with van der Waals surface area (Å²) in [5.74, 6) is 0.828. The Labute approximate surface area is 354 Å². The van der Waals surface area contributed by atoms with Crippen molar-refractivity contribution >= 4 is 33.1 Å². The molecule has 0 bridgehead atoms. The smallest absolute Gasteiger partial charge is 0.155 e. The molecule has 0 amide bonds. The molecular weight excluding hydrogens is 884 g/mol. The summed E-state index contributed by atoms with van der Waals surface area (Å²) in [5, 5.41) is 2.16. The number of nitrogens with zero attached hydrogens (tertiary/aromatic N) is 4. The number of furan rings is 1. The molecule has 4 aromatic carbocycles. The summed E-state index contributed by atoms with van der Waals surface area (Å²) < 4.78 is 44.6. The van der Waals surface area contributed by atoms with Gasteiger partial charge in [0.1, 0.15) is 5.58 Å². The zero-order valence-corrected chi connectivity index (χ0v) is 36.7. The monoisotopic (exact) mass is 938 g/mol. The van der Waals surface area contributed by atoms with Crippen LogP contribution in [0.4, 0.5) is 4.39 Å². The molecule has 0 unspecified atom stereocenters. The van der Waals surface area contributed by atoms with Crippen LogP contribution in [0.1, 0.15) is 113 Å². The summed E-state index contributed by atoms with van der Waals surface area (Å²) in [6, 6.07) is 35.2. The predicted molar refractivity (Wildman–Crippen MR) is 229 cm³/mol. The van der Waals surface area contributed by atoms with Crippen molar-refractivity contribution in [1.29, 1.82) is 0 Å². The van der Waals surface area contributed by atoms with Crippen LogP contribution in [0, 0.1) is 24.8 Å². The number of para-hydroxylation sites is 2. The number of aromatic nitrogens is 4. The van der Waals surface area contributed by atoms with Gasteiger partial charge in [0.2, 0.25) is 0 Å². The normalized spacial score (nSPS) is 13.0. The number of fused-ring (bicyclic) bond motifs is 4. The summed E-state index contributed by atoms with van der Waals surface area (Å²) in [7, 11) is 0. The first kappa shape index (κ1) is 37.6. The summed E-state index contributed by atoms with van der Waals surface area (Å²) in [6.07, 6.45) is 1.71. The quantitative estimate of drug-likeness (QED) is 0.161. The third-order valence-corrected chi connectivity index (χ3v) is 10.2. The third-order valence-electron chi connectivity index (χ3n) is 10.2. The van der Waals surface area contributed by atoms with Crippen LogP contribution in [0.2, 0.25) is 0 Å². The maximum atomic E-state index is 14.1. The van der Waals surface area contributed by atoms with Crippen LogP contribution in [-0.4, -0.2) is 19.5 Å². The summed E-state index contributed by atoms with van der Waals surface area (Å²) in [6.45, 7) is 19.5. The largest absolute Gasteiger partial charge is 0.501 e. The van der Waals surface area contributed by atoms with E-state index in [1.807, 2.05) is 24.3 Å². The van der Waals surface area contributed by atoms with E-state index < -0.39 is 12.7 Å². The average Bonchev–Trinajstić information content (AvgIpc) is 3.75. The Morgan fingerprint density at radius 3 is 2.11 bits per heavy atom. The molecule has 0 N–H and O–H groups in total. The Balaban J connectivity index is 0.000000234. The second-order valence-electron chi connectivity index (χ2n) is 17.1. The minimum atomic E-state index is -2.33. The fourth-order valence-electron chi connectivity index (χ4n) is 7.03. The van der Waals surface area contributed by atoms with Crippen LogP contribution in [0.15, 0.2) is 102 Å². The molecular formula is C50H51FIrN4O-2. The van der Waals surface area contributed by atoms with E-state index in [1.165, 1.54) is 17.2 Å². The van der Waals surface area contributed by atoms with E-state index in [1.54, 1.807) is 12.3 Å². The van der Waals surface area contributed by atoms with Gasteiger partial charge in [-0.3, -0.25) is 9.37 Å². The van der Waals surface area contributed by atoms with E-state index in [2.05, 4.69) is 139 Å². The second-order valence-corrected chi connectivity index (χ2v) is 17.1. The Kier molecular flexibility index (Phi) is 10.6. The van der Waals surface area contributed by atoms with Crippen LogP contribution in [0.5, 0.6) is 0 Å². The fraction of sp³-hybridized carbons (Fsp3) is 0.300. The van der Waals surface area contributed by atoms with E-state index in [0.717, 1.165) is 67.5 Å². The standard InChI is InChI=1S/C34H34N3O.C16H17FN.Ir/c1-20(2)22-13-10-14-23(21(3)4)30(22)37-32(35-27-18-19-29(34(5,6)7)36-33(27)37)26-16-11-15-25-24-12-8-9-17-28(24)38-31(25)26;1-11-5-7-13(14(17)9-11)15-8-6-12(10-18-15)16(2,3)4;/h8-15,17-21H,1-7H3;5-6,8-10H,1-4H3;/q2*-1;/i;1D3;. The van der Waals surface area contributed by atoms with Gasteiger partial charge in [0.15, 0.2) is 5.65 Å². The van der Waals surface area contributed by atoms with Gasteiger partial charge in [0.05, 0.1) is 16.9 Å². The van der Waals surface area contributed by atoms with Crippen molar-refractivity contribution in [1.82, 2.24) is 19.5 Å². The van der Waals surface area contributed by atoms with E-state index >= 15 is 0 Å². The maximum Gasteiger partial charge on any atom is 0.155 e. The number of imidazole rings is 1. The zero-order chi connectivity index (χ0) is 42.6. The Morgan fingerprint density at radius 2 is 1.49 bits per heavy atom. The first-order valence-electron chi connectivity index (χ1n) is 20.8. The molecule has 4 aromatic heterocycles. The van der Waals surface area contributed by atoms with Crippen molar-refractivity contribution in [3.05, 3.63) is 143 Å². The molecule has 4 heterocycles. The third kappa shape index (κ3) is 8.24. The summed E-state index contributed by atoms with van der Waals surface area (Å²) in [5.41, 5.74) is 10.5. The number of aryl methyl sites for hydroxylation is 1. The summed E-state index contributed by atoms with van der Waals surface area (Å²) >= 11 is 0. The number of halogens is 1. The number of benzene rings is 4. The molecule has 7 heteroatoms. The molecule has 5 nitrogen and oxygen atoms in total. The Morgan fingerprint density at radius 1 is 0.772 bits per heavy atom. The van der Waals surface area contributed by atoms with Crippen molar-refractivity contribution in [3.63, 3.8) is 0 Å². The molecule has 8 rings (SSSR count). The van der Waals surface area contributed by atoms with Crippen LogP contribution in [0.25, 0.3) is 61.4 Å². The Bertz CT molecular complexity index is 2780. The number of pyridine rings is 2. The van der Waals surface area contributed by atoms with Gasteiger partial charge in [-0.15, -0.1) is 42.0 Å². The topological polar surface area (TPSA) is 56.7 Å². The van der Waals surface area contributed by atoms with Crippen LogP contribution in [-0.2, 0) is 30.9 Å². The van der Waals surface area contributed by atoms with Crippen molar-refractivity contribution < 1.29 is 33.0 Å². The van der Waals surface area contributed by atoms with Gasteiger partial charge < -0.3 is 14.0 Å². The van der Waals surface area contributed by atoms with Gasteiger partial charge in [0, 0.05) is 58.4 Å². The predicted octanol–water partition coefficient (Wildman–Crippen LogP) is 13.6. The molecule has 0 saturated heterocycles. The van der Waals surface area contributed by atoms with Gasteiger partial charge in [0.25, 0.3) is 0 Å². The SMILES string of the molecule is CC(C)c1cccc(C(C)C)c1-n1c(-c2[c-]ccc3c2oc2ccccc23)nc2ccc(C(C)(C)C)nc21.[2H]C([2H])([2H])c1c[c-]c(-c2ccc(C(C)(C)C)cn2)c(F)c1.[Ir]. The molecule has 0 fully saturated rings. The van der Waals surface area contributed by atoms with E-state index in [-0.39, 0.29) is 42.1 Å². The molecule has 1 radical (unpaired) electrons. The Hall–Kier alpha value is -4.97. The molecule has 0 atom stereocenters. The molecule has 0 spiro atoms. The minimum Gasteiger partial charge on any atom is -0.501 e. The van der Waals surface area contributed by atoms with E-state index in [4.69, 9.17) is 18.5 Å². The van der Waals surface area contributed by atoms with Gasteiger partial charge >= 0.3 is 0 Å². The van der Waals surface area contributed by atoms with Gasteiger partial charge in [-0.2, -0.15) is 0 Å². The molecule has 0 aliphatic carbocycles. The molecule has 0 aliphatic rings. The van der Waals surface area contributed by atoms with Crippen molar-refractivity contribution in [3.8, 4) is 28.3 Å². The average molecular weight is 938 g/mol. The molecule has 0 aliphatic heterocycles. The number of rotatable bonds is 5. The van der Waals surface area contributed by atoms with Crippen LogP contribution in [0.3, 0.4) is 0 Å². The number of hydrogen-bond acceptors (Lipinski definition) is 4. The fourth-order valence-corrected chi connectivity index (χ4v) is 7.03. The molecule has 57 heavy (non-hydrogen) atoms. The first-order valence-corrected chi connectivity index (χ1v) is 19.3. The van der Waals surface area contributed by atoms with E-state index in [9.17, 15) is 4.39 Å². The van der Waals surface area contributed by atoms with Gasteiger partial charge in [-0.05, 0) is 57.8 Å². The van der Waals surface area contributed by atoms with Crippen molar-refractivity contribution in [2.24, 2.45) is 0 Å². The van der Waals surface area contributed by atoms with Crippen LogP contribution < -0.4 is 0 Å². The van der Waals surface area contributed by atoms with Crippen molar-refractivity contribution in [2.45, 2.75) is 98.8 Å². The second kappa shape index (κ2) is 16.1. The number of hydrogen-bond donors (Lipinski definition) is 0. The molecule has 295 valence electrons. The van der Waals surface area contributed by atoms with Gasteiger partial charge in [-0.25, -0.2) is 4.98 Å². The first-order chi connectivity index (χ1) is 27.7. The molecule has 0 saturated carbocycles.